The highest BCUT2D eigenvalue weighted by atomic mass is 16.6. The molecule has 1 saturated heterocycles. The summed E-state index contributed by atoms with van der Waals surface area (Å²) in [6, 6.07) is 14.6. The lowest BCUT2D eigenvalue weighted by Gasteiger charge is -2.27. The maximum Gasteiger partial charge on any atom is 0.293 e. The molecule has 0 radical (unpaired) electrons. The van der Waals surface area contributed by atoms with Crippen LogP contribution in [0.5, 0.6) is 5.75 Å². The highest BCUT2D eigenvalue weighted by Gasteiger charge is 2.31. The molecular formula is C19H19N3O3. The van der Waals surface area contributed by atoms with E-state index >= 15 is 0 Å². The van der Waals surface area contributed by atoms with Crippen LogP contribution in [-0.4, -0.2) is 18.1 Å². The Kier molecular flexibility index (Phi) is 4.85. The van der Waals surface area contributed by atoms with Gasteiger partial charge in [-0.15, -0.1) is 0 Å². The van der Waals surface area contributed by atoms with Crippen molar-refractivity contribution < 1.29 is 9.66 Å². The number of nitriles is 1. The Labute approximate surface area is 146 Å². The van der Waals surface area contributed by atoms with Gasteiger partial charge in [-0.25, -0.2) is 0 Å². The summed E-state index contributed by atoms with van der Waals surface area (Å²) < 4.78 is 5.48. The predicted molar refractivity (Wildman–Crippen MR) is 94.7 cm³/mol. The number of anilines is 1. The summed E-state index contributed by atoms with van der Waals surface area (Å²) >= 11 is 0. The quantitative estimate of drug-likeness (QED) is 0.603. The predicted octanol–water partition coefficient (Wildman–Crippen LogP) is 4.21. The van der Waals surface area contributed by atoms with Gasteiger partial charge in [-0.05, 0) is 49.6 Å². The first kappa shape index (κ1) is 16.8. The molecule has 25 heavy (non-hydrogen) atoms. The first-order valence-electron chi connectivity index (χ1n) is 8.32. The minimum atomic E-state index is -0.413. The van der Waals surface area contributed by atoms with Crippen molar-refractivity contribution in [2.24, 2.45) is 0 Å². The second-order valence-electron chi connectivity index (χ2n) is 5.93. The van der Waals surface area contributed by atoms with Crippen LogP contribution in [0.4, 0.5) is 11.4 Å². The molecule has 0 bridgehead atoms. The van der Waals surface area contributed by atoms with Crippen molar-refractivity contribution in [3.8, 4) is 11.8 Å². The van der Waals surface area contributed by atoms with Crippen LogP contribution in [0.3, 0.4) is 0 Å². The van der Waals surface area contributed by atoms with Crippen molar-refractivity contribution in [2.75, 3.05) is 18.1 Å². The van der Waals surface area contributed by atoms with Crippen molar-refractivity contribution >= 4 is 11.4 Å². The Bertz CT molecular complexity index is 812. The van der Waals surface area contributed by atoms with E-state index < -0.39 is 4.92 Å². The van der Waals surface area contributed by atoms with Gasteiger partial charge >= 0.3 is 0 Å². The molecule has 3 rings (SSSR count). The summed E-state index contributed by atoms with van der Waals surface area (Å²) in [7, 11) is 0. The molecule has 0 aromatic heterocycles. The van der Waals surface area contributed by atoms with E-state index in [1.54, 1.807) is 12.1 Å². The lowest BCUT2D eigenvalue weighted by atomic mass is 10.0. The zero-order valence-corrected chi connectivity index (χ0v) is 14.0. The molecule has 0 spiro atoms. The summed E-state index contributed by atoms with van der Waals surface area (Å²) in [5.41, 5.74) is 1.96. The average molecular weight is 337 g/mol. The minimum Gasteiger partial charge on any atom is -0.494 e. The minimum absolute atomic E-state index is 0.0168. The molecule has 2 aromatic carbocycles. The van der Waals surface area contributed by atoms with Gasteiger partial charge in [0, 0.05) is 12.6 Å². The Morgan fingerprint density at radius 2 is 2.08 bits per heavy atom. The van der Waals surface area contributed by atoms with Crippen LogP contribution in [0, 0.1) is 21.4 Å². The van der Waals surface area contributed by atoms with Crippen LogP contribution in [-0.2, 0) is 0 Å². The second-order valence-corrected chi connectivity index (χ2v) is 5.93. The fraction of sp³-hybridized carbons (Fsp3) is 0.316. The Morgan fingerprint density at radius 3 is 2.72 bits per heavy atom. The first-order chi connectivity index (χ1) is 12.1. The summed E-state index contributed by atoms with van der Waals surface area (Å²) in [5, 5.41) is 20.5. The van der Waals surface area contributed by atoms with Crippen molar-refractivity contribution in [1.29, 1.82) is 5.26 Å². The maximum absolute atomic E-state index is 11.5. The lowest BCUT2D eigenvalue weighted by molar-refractivity contribution is -0.384. The largest absolute Gasteiger partial charge is 0.494 e. The first-order valence-corrected chi connectivity index (χ1v) is 8.32. The third kappa shape index (κ3) is 3.41. The highest BCUT2D eigenvalue weighted by Crippen LogP contribution is 2.40. The van der Waals surface area contributed by atoms with Crippen LogP contribution in [0.15, 0.2) is 42.5 Å². The van der Waals surface area contributed by atoms with E-state index in [9.17, 15) is 10.1 Å². The van der Waals surface area contributed by atoms with E-state index in [1.165, 1.54) is 6.07 Å². The van der Waals surface area contributed by atoms with Crippen LogP contribution in [0.25, 0.3) is 0 Å². The molecule has 6 nitrogen and oxygen atoms in total. The second kappa shape index (κ2) is 7.22. The lowest BCUT2D eigenvalue weighted by Crippen LogP contribution is -2.23. The van der Waals surface area contributed by atoms with Crippen LogP contribution >= 0.6 is 0 Å². The molecule has 128 valence electrons. The third-order valence-electron chi connectivity index (χ3n) is 4.44. The molecule has 0 aliphatic carbocycles. The Hall–Kier alpha value is -3.07. The van der Waals surface area contributed by atoms with Crippen molar-refractivity contribution in [1.82, 2.24) is 0 Å². The molecule has 6 heteroatoms. The smallest absolute Gasteiger partial charge is 0.293 e. The fourth-order valence-corrected chi connectivity index (χ4v) is 3.34. The fourth-order valence-electron chi connectivity index (χ4n) is 3.34. The van der Waals surface area contributed by atoms with Gasteiger partial charge in [0.05, 0.1) is 29.2 Å². The van der Waals surface area contributed by atoms with Gasteiger partial charge in [0.2, 0.25) is 0 Å². The Balaban J connectivity index is 1.94. The molecule has 0 saturated carbocycles. The zero-order valence-electron chi connectivity index (χ0n) is 14.0. The van der Waals surface area contributed by atoms with E-state index in [-0.39, 0.29) is 11.7 Å². The summed E-state index contributed by atoms with van der Waals surface area (Å²) in [6.45, 7) is 3.31. The normalized spacial score (nSPS) is 16.5. The van der Waals surface area contributed by atoms with Gasteiger partial charge < -0.3 is 9.64 Å². The summed E-state index contributed by atoms with van der Waals surface area (Å²) in [5.74, 6) is 0.820. The number of hydrogen-bond donors (Lipinski definition) is 0. The molecule has 0 N–H and O–H groups in total. The number of rotatable bonds is 5. The van der Waals surface area contributed by atoms with E-state index in [2.05, 4.69) is 4.90 Å². The molecule has 1 atom stereocenters. The SMILES string of the molecule is CCOc1ccc(C2CCCN2c2ccc(C#N)cc2[N+](=O)[O-])cc1. The van der Waals surface area contributed by atoms with E-state index in [4.69, 9.17) is 10.00 Å². The van der Waals surface area contributed by atoms with Gasteiger partial charge in [0.25, 0.3) is 5.69 Å². The molecule has 1 aliphatic heterocycles. The summed E-state index contributed by atoms with van der Waals surface area (Å²) in [4.78, 5) is 13.1. The Morgan fingerprint density at radius 1 is 1.32 bits per heavy atom. The van der Waals surface area contributed by atoms with Gasteiger partial charge in [-0.3, -0.25) is 10.1 Å². The molecular weight excluding hydrogens is 318 g/mol. The van der Waals surface area contributed by atoms with E-state index in [1.807, 2.05) is 37.3 Å². The molecule has 2 aromatic rings. The van der Waals surface area contributed by atoms with Gasteiger partial charge in [-0.2, -0.15) is 5.26 Å². The van der Waals surface area contributed by atoms with Crippen molar-refractivity contribution in [3.05, 3.63) is 63.7 Å². The standard InChI is InChI=1S/C19H19N3O3/c1-2-25-16-8-6-15(7-9-16)17-4-3-11-21(17)18-10-5-14(13-20)12-19(18)22(23)24/h5-10,12,17H,2-4,11H2,1H3. The van der Waals surface area contributed by atoms with Crippen molar-refractivity contribution in [3.63, 3.8) is 0 Å². The van der Waals surface area contributed by atoms with Crippen LogP contribution in [0.1, 0.15) is 36.9 Å². The maximum atomic E-state index is 11.5. The van der Waals surface area contributed by atoms with E-state index in [0.29, 0.717) is 17.9 Å². The number of nitrogens with zero attached hydrogens (tertiary/aromatic N) is 3. The number of benzene rings is 2. The molecule has 1 unspecified atom stereocenters. The van der Waals surface area contributed by atoms with Crippen LogP contribution in [0.2, 0.25) is 0 Å². The van der Waals surface area contributed by atoms with Gasteiger partial charge in [0.15, 0.2) is 0 Å². The number of ether oxygens (including phenoxy) is 1. The average Bonchev–Trinajstić information content (AvgIpc) is 3.11. The molecule has 1 fully saturated rings. The number of nitro groups is 1. The third-order valence-corrected chi connectivity index (χ3v) is 4.44. The molecule has 1 heterocycles. The highest BCUT2D eigenvalue weighted by molar-refractivity contribution is 5.67. The topological polar surface area (TPSA) is 79.4 Å². The number of hydrogen-bond acceptors (Lipinski definition) is 5. The number of nitro benzene ring substituents is 1. The van der Waals surface area contributed by atoms with Crippen LogP contribution < -0.4 is 9.64 Å². The van der Waals surface area contributed by atoms with Gasteiger partial charge in [-0.1, -0.05) is 12.1 Å². The zero-order chi connectivity index (χ0) is 17.8. The van der Waals surface area contributed by atoms with E-state index in [0.717, 1.165) is 30.7 Å². The van der Waals surface area contributed by atoms with Crippen molar-refractivity contribution in [2.45, 2.75) is 25.8 Å². The molecule has 0 amide bonds. The molecule has 1 aliphatic rings. The summed E-state index contributed by atoms with van der Waals surface area (Å²) in [6.07, 6.45) is 1.90. The monoisotopic (exact) mass is 337 g/mol. The van der Waals surface area contributed by atoms with Gasteiger partial charge in [0.1, 0.15) is 11.4 Å².